The SMILES string of the molecule is CC(C)C[C@H](NC(=O)[C@@H](N)CO)C(=O)N[C@@H](CO)C(=O)N[C@@H](CCCN=C(N)N)C(=O)N[C@@H](Cc1ccccc1)C(=O)N[C@@H](CO)C(=O)N[C@@H](Cc1c[nH]c2ccccc12)C(=O)NCC(=O)N[C@@H](C)C(=O)O. The molecule has 0 saturated carbocycles. The van der Waals surface area contributed by atoms with Gasteiger partial charge in [0.2, 0.25) is 47.3 Å². The Kier molecular flexibility index (Phi) is 24.0. The van der Waals surface area contributed by atoms with Gasteiger partial charge in [-0.2, -0.15) is 0 Å². The molecule has 26 nitrogen and oxygen atoms in total. The minimum absolute atomic E-state index is 0.00756. The summed E-state index contributed by atoms with van der Waals surface area (Å²) >= 11 is 0. The fourth-order valence-corrected chi connectivity index (χ4v) is 7.02. The van der Waals surface area contributed by atoms with Crippen LogP contribution in [-0.2, 0) is 56.0 Å². The molecule has 3 aromatic rings. The van der Waals surface area contributed by atoms with Crippen molar-refractivity contribution < 1.29 is 63.6 Å². The molecular weight excluding hydrogens is 943 g/mol. The Hall–Kier alpha value is -7.68. The average Bonchev–Trinajstić information content (AvgIpc) is 3.76. The van der Waals surface area contributed by atoms with Crippen molar-refractivity contribution in [3.8, 4) is 0 Å². The van der Waals surface area contributed by atoms with Gasteiger partial charge in [-0.05, 0) is 49.3 Å². The number of carboxylic acids is 1. The number of H-pyrrole nitrogens is 1. The van der Waals surface area contributed by atoms with Crippen LogP contribution in [0.15, 0.2) is 65.8 Å². The molecule has 19 N–H and O–H groups in total. The second kappa shape index (κ2) is 29.5. The smallest absolute Gasteiger partial charge is 0.325 e. The van der Waals surface area contributed by atoms with Crippen molar-refractivity contribution in [2.24, 2.45) is 28.1 Å². The Morgan fingerprint density at radius 1 is 0.611 bits per heavy atom. The number of aliphatic hydroxyl groups excluding tert-OH is 3. The van der Waals surface area contributed by atoms with E-state index in [1.54, 1.807) is 74.6 Å². The summed E-state index contributed by atoms with van der Waals surface area (Å²) in [5.74, 6) is -9.19. The van der Waals surface area contributed by atoms with Gasteiger partial charge in [0, 0.05) is 36.5 Å². The summed E-state index contributed by atoms with van der Waals surface area (Å²) in [6.45, 7) is 1.39. The maximum atomic E-state index is 14.2. The minimum atomic E-state index is -1.74. The predicted octanol–water partition coefficient (Wildman–Crippen LogP) is -5.03. The van der Waals surface area contributed by atoms with E-state index in [2.05, 4.69) is 52.5 Å². The average molecular weight is 1010 g/mol. The number of aliphatic carboxylic acids is 1. The normalized spacial score (nSPS) is 14.4. The Bertz CT molecular complexity index is 2360. The second-order valence-electron chi connectivity index (χ2n) is 17.2. The minimum Gasteiger partial charge on any atom is -0.480 e. The summed E-state index contributed by atoms with van der Waals surface area (Å²) in [6.07, 6.45) is 1.26. The molecule has 0 fully saturated rings. The van der Waals surface area contributed by atoms with Gasteiger partial charge in [0.05, 0.1) is 26.4 Å². The van der Waals surface area contributed by atoms with E-state index < -0.39 is 128 Å². The molecule has 0 aliphatic rings. The first-order valence-corrected chi connectivity index (χ1v) is 23.0. The van der Waals surface area contributed by atoms with Crippen LogP contribution in [0.2, 0.25) is 0 Å². The molecule has 72 heavy (non-hydrogen) atoms. The molecule has 0 bridgehead atoms. The third-order valence-electron chi connectivity index (χ3n) is 10.9. The van der Waals surface area contributed by atoms with Crippen molar-refractivity contribution in [1.29, 1.82) is 0 Å². The molecule has 8 atom stereocenters. The number of hydrogen-bond donors (Lipinski definition) is 16. The molecule has 2 aromatic carbocycles. The first-order valence-electron chi connectivity index (χ1n) is 23.0. The molecule has 1 aromatic heterocycles. The summed E-state index contributed by atoms with van der Waals surface area (Å²) in [4.78, 5) is 126. The number of amides is 8. The van der Waals surface area contributed by atoms with Crippen LogP contribution in [0, 0.1) is 5.92 Å². The lowest BCUT2D eigenvalue weighted by Gasteiger charge is -2.27. The maximum absolute atomic E-state index is 14.2. The number of para-hydroxylation sites is 1. The van der Waals surface area contributed by atoms with Crippen LogP contribution in [0.4, 0.5) is 0 Å². The zero-order valence-corrected chi connectivity index (χ0v) is 40.2. The number of carbonyl (C=O) groups excluding carboxylic acids is 8. The molecule has 3 rings (SSSR count). The van der Waals surface area contributed by atoms with Crippen LogP contribution in [0.25, 0.3) is 10.9 Å². The number of aromatic nitrogens is 1. The van der Waals surface area contributed by atoms with Crippen LogP contribution in [0.5, 0.6) is 0 Å². The van der Waals surface area contributed by atoms with E-state index in [1.807, 2.05) is 0 Å². The van der Waals surface area contributed by atoms with E-state index in [1.165, 1.54) is 6.92 Å². The van der Waals surface area contributed by atoms with E-state index in [0.29, 0.717) is 22.0 Å². The zero-order valence-electron chi connectivity index (χ0n) is 40.2. The Labute approximate surface area is 414 Å². The number of aliphatic imine (C=N–C) groups is 1. The number of rotatable bonds is 30. The fraction of sp³-hybridized carbons (Fsp3) is 0.478. The molecule has 1 heterocycles. The van der Waals surface area contributed by atoms with Gasteiger partial charge >= 0.3 is 5.97 Å². The lowest BCUT2D eigenvalue weighted by atomic mass is 10.0. The van der Waals surface area contributed by atoms with Crippen molar-refractivity contribution in [2.45, 2.75) is 101 Å². The molecule has 0 radical (unpaired) electrons. The lowest BCUT2D eigenvalue weighted by molar-refractivity contribution is -0.141. The van der Waals surface area contributed by atoms with Gasteiger partial charge in [0.1, 0.15) is 48.3 Å². The van der Waals surface area contributed by atoms with Crippen LogP contribution < -0.4 is 59.7 Å². The Morgan fingerprint density at radius 3 is 1.69 bits per heavy atom. The summed E-state index contributed by atoms with van der Waals surface area (Å²) < 4.78 is 0. The van der Waals surface area contributed by atoms with Gasteiger partial charge < -0.3 is 85.1 Å². The van der Waals surface area contributed by atoms with Crippen LogP contribution in [0.3, 0.4) is 0 Å². The number of benzene rings is 2. The molecule has 394 valence electrons. The lowest BCUT2D eigenvalue weighted by Crippen LogP contribution is -2.61. The summed E-state index contributed by atoms with van der Waals surface area (Å²) in [6, 6.07) is 3.75. The third-order valence-corrected chi connectivity index (χ3v) is 10.9. The molecule has 26 heteroatoms. The molecule has 0 aliphatic carbocycles. The molecular formula is C46H67N13O13. The second-order valence-corrected chi connectivity index (χ2v) is 17.2. The number of fused-ring (bicyclic) bond motifs is 1. The number of aliphatic hydroxyl groups is 3. The number of guanidine groups is 1. The maximum Gasteiger partial charge on any atom is 0.325 e. The number of aromatic amines is 1. The highest BCUT2D eigenvalue weighted by Crippen LogP contribution is 2.19. The number of nitrogens with one attached hydrogen (secondary N) is 9. The van der Waals surface area contributed by atoms with Gasteiger partial charge in [-0.25, -0.2) is 0 Å². The van der Waals surface area contributed by atoms with Crippen LogP contribution in [0.1, 0.15) is 51.2 Å². The number of nitrogens with two attached hydrogens (primary N) is 3. The largest absolute Gasteiger partial charge is 0.480 e. The van der Waals surface area contributed by atoms with Crippen molar-refractivity contribution >= 4 is 70.1 Å². The summed E-state index contributed by atoms with van der Waals surface area (Å²) in [5, 5.41) is 59.2. The van der Waals surface area contributed by atoms with E-state index in [9.17, 15) is 58.5 Å². The highest BCUT2D eigenvalue weighted by Gasteiger charge is 2.34. The van der Waals surface area contributed by atoms with E-state index in [-0.39, 0.29) is 50.5 Å². The molecule has 0 spiro atoms. The van der Waals surface area contributed by atoms with Crippen molar-refractivity contribution in [2.75, 3.05) is 32.9 Å². The number of hydrogen-bond acceptors (Lipinski definition) is 14. The Balaban J connectivity index is 1.89. The Morgan fingerprint density at radius 2 is 1.12 bits per heavy atom. The summed E-state index contributed by atoms with van der Waals surface area (Å²) in [5.41, 5.74) is 18.4. The number of carbonyl (C=O) groups is 9. The fourth-order valence-electron chi connectivity index (χ4n) is 7.02. The van der Waals surface area contributed by atoms with Crippen molar-refractivity contribution in [3.05, 3.63) is 71.9 Å². The van der Waals surface area contributed by atoms with Gasteiger partial charge in [-0.1, -0.05) is 62.4 Å². The first kappa shape index (κ1) is 58.6. The molecule has 0 unspecified atom stereocenters. The highest BCUT2D eigenvalue weighted by molar-refractivity contribution is 5.98. The zero-order chi connectivity index (χ0) is 53.5. The first-order chi connectivity index (χ1) is 34.2. The van der Waals surface area contributed by atoms with Gasteiger partial charge in [0.25, 0.3) is 0 Å². The van der Waals surface area contributed by atoms with Crippen LogP contribution in [-0.4, -0.2) is 166 Å². The molecule has 0 aliphatic heterocycles. The quantitative estimate of drug-likeness (QED) is 0.0169. The number of nitrogens with zero attached hydrogens (tertiary/aromatic N) is 1. The van der Waals surface area contributed by atoms with Gasteiger partial charge in [-0.15, -0.1) is 0 Å². The molecule has 0 saturated heterocycles. The van der Waals surface area contributed by atoms with E-state index >= 15 is 0 Å². The van der Waals surface area contributed by atoms with Gasteiger partial charge in [-0.3, -0.25) is 48.1 Å². The predicted molar refractivity (Wildman–Crippen MR) is 261 cm³/mol. The van der Waals surface area contributed by atoms with Crippen LogP contribution >= 0.6 is 0 Å². The topological polar surface area (TPSA) is 437 Å². The van der Waals surface area contributed by atoms with E-state index in [0.717, 1.165) is 0 Å². The molecule has 8 amide bonds. The summed E-state index contributed by atoms with van der Waals surface area (Å²) in [7, 11) is 0. The third kappa shape index (κ3) is 19.3. The number of carboxylic acid groups (broad SMARTS) is 1. The van der Waals surface area contributed by atoms with Gasteiger partial charge in [0.15, 0.2) is 5.96 Å². The van der Waals surface area contributed by atoms with Crippen molar-refractivity contribution in [3.63, 3.8) is 0 Å². The van der Waals surface area contributed by atoms with E-state index in [4.69, 9.17) is 22.3 Å². The highest BCUT2D eigenvalue weighted by atomic mass is 16.4. The monoisotopic (exact) mass is 1010 g/mol. The standard InChI is InChI=1S/C46H67N13O13/c1-24(2)16-32(55-38(64)29(47)21-60)41(67)58-35(22-61)43(69)54-31(14-9-15-50-46(48)49)40(66)56-33(17-26-10-5-4-6-11-26)42(68)59-36(23-62)44(70)57-34(18-27-19-51-30-13-8-7-12-28(27)30)39(65)52-20-37(63)53-25(3)45(71)72/h4-8,10-13,19,24-25,29,31-36,51,60-62H,9,14-18,20-23,47H2,1-3H3,(H,52,65)(H,53,63)(H,54,69)(H,55,64)(H,56,66)(H,57,70)(H,58,67)(H,59,68)(H,71,72)(H4,48,49,50)/t25-,29-,31-,32-,33-,34-,35-,36-/m0/s1. The van der Waals surface area contributed by atoms with Crippen molar-refractivity contribution in [1.82, 2.24) is 47.5 Å².